The number of pyridine rings is 1. The number of hydrogen-bond acceptors (Lipinski definition) is 4. The second-order valence-corrected chi connectivity index (χ2v) is 5.37. The third kappa shape index (κ3) is 2.63. The Labute approximate surface area is 121 Å². The summed E-state index contributed by atoms with van der Waals surface area (Å²) in [5, 5.41) is 3.85. The minimum absolute atomic E-state index is 0.280. The van der Waals surface area contributed by atoms with E-state index in [1.54, 1.807) is 0 Å². The molecule has 20 heavy (non-hydrogen) atoms. The molecule has 3 N–H and O–H groups in total. The largest absolute Gasteiger partial charge is 0.368 e. The van der Waals surface area contributed by atoms with Crippen molar-refractivity contribution in [1.29, 1.82) is 0 Å². The Morgan fingerprint density at radius 3 is 3.15 bits per heavy atom. The molecule has 1 amide bonds. The van der Waals surface area contributed by atoms with Crippen LogP contribution in [0.2, 0.25) is 5.02 Å². The number of carbonyl (C=O) groups is 1. The van der Waals surface area contributed by atoms with Crippen LogP contribution in [0.15, 0.2) is 24.5 Å². The van der Waals surface area contributed by atoms with Gasteiger partial charge in [0.05, 0.1) is 10.7 Å². The Morgan fingerprint density at radius 2 is 2.35 bits per heavy atom. The fourth-order valence-corrected chi connectivity index (χ4v) is 2.69. The minimum Gasteiger partial charge on any atom is -0.368 e. The van der Waals surface area contributed by atoms with Crippen LogP contribution in [-0.2, 0) is 11.3 Å². The van der Waals surface area contributed by atoms with E-state index in [-0.39, 0.29) is 11.9 Å². The first kappa shape index (κ1) is 13.4. The highest BCUT2D eigenvalue weighted by atomic mass is 35.5. The zero-order valence-corrected chi connectivity index (χ0v) is 11.7. The summed E-state index contributed by atoms with van der Waals surface area (Å²) in [5.41, 5.74) is 7.19. The minimum atomic E-state index is -0.302. The van der Waals surface area contributed by atoms with Crippen LogP contribution in [0.4, 0.5) is 0 Å². The van der Waals surface area contributed by atoms with Gasteiger partial charge in [-0.15, -0.1) is 0 Å². The number of primary amides is 1. The molecule has 6 nitrogen and oxygen atoms in total. The average Bonchev–Trinajstić information content (AvgIpc) is 2.80. The second kappa shape index (κ2) is 5.40. The predicted octanol–water partition coefficient (Wildman–Crippen LogP) is 0.247. The van der Waals surface area contributed by atoms with Crippen molar-refractivity contribution in [1.82, 2.24) is 19.6 Å². The van der Waals surface area contributed by atoms with E-state index in [1.165, 1.54) is 0 Å². The maximum Gasteiger partial charge on any atom is 0.236 e. The first-order chi connectivity index (χ1) is 9.63. The lowest BCUT2D eigenvalue weighted by molar-refractivity contribution is -0.124. The van der Waals surface area contributed by atoms with Gasteiger partial charge in [0.2, 0.25) is 5.91 Å². The molecule has 0 bridgehead atoms. The van der Waals surface area contributed by atoms with Gasteiger partial charge in [-0.05, 0) is 12.1 Å². The van der Waals surface area contributed by atoms with E-state index in [0.717, 1.165) is 24.4 Å². The molecule has 1 fully saturated rings. The molecule has 2 aromatic heterocycles. The number of nitrogens with two attached hydrogens (primary N) is 1. The van der Waals surface area contributed by atoms with E-state index >= 15 is 0 Å². The van der Waals surface area contributed by atoms with Crippen LogP contribution in [0.5, 0.6) is 0 Å². The maximum absolute atomic E-state index is 11.5. The van der Waals surface area contributed by atoms with Crippen molar-refractivity contribution in [2.24, 2.45) is 5.73 Å². The van der Waals surface area contributed by atoms with Crippen LogP contribution >= 0.6 is 11.6 Å². The van der Waals surface area contributed by atoms with Gasteiger partial charge < -0.3 is 15.5 Å². The Hall–Kier alpha value is -1.63. The van der Waals surface area contributed by atoms with Gasteiger partial charge in [-0.3, -0.25) is 9.69 Å². The van der Waals surface area contributed by atoms with Crippen LogP contribution in [0.25, 0.3) is 5.65 Å². The first-order valence-corrected chi connectivity index (χ1v) is 6.88. The third-order valence-electron chi connectivity index (χ3n) is 3.51. The average molecular weight is 294 g/mol. The van der Waals surface area contributed by atoms with E-state index in [2.05, 4.69) is 15.2 Å². The zero-order chi connectivity index (χ0) is 14.1. The van der Waals surface area contributed by atoms with Crippen LogP contribution < -0.4 is 11.1 Å². The number of aromatic nitrogens is 2. The second-order valence-electron chi connectivity index (χ2n) is 4.94. The summed E-state index contributed by atoms with van der Waals surface area (Å²) in [6.45, 7) is 2.83. The Kier molecular flexibility index (Phi) is 3.60. The Balaban J connectivity index is 1.82. The number of carbonyl (C=O) groups excluding carboxylic acids is 1. The van der Waals surface area contributed by atoms with Crippen LogP contribution in [0.1, 0.15) is 5.69 Å². The van der Waals surface area contributed by atoms with Gasteiger partial charge in [-0.2, -0.15) is 0 Å². The SMILES string of the molecule is NC(=O)C1CNCCN1Cc1cn2cc(Cl)ccc2n1. The molecule has 1 unspecified atom stereocenters. The van der Waals surface area contributed by atoms with Gasteiger partial charge >= 0.3 is 0 Å². The lowest BCUT2D eigenvalue weighted by atomic mass is 10.1. The molecular weight excluding hydrogens is 278 g/mol. The van der Waals surface area contributed by atoms with Crippen molar-refractivity contribution in [2.75, 3.05) is 19.6 Å². The predicted molar refractivity (Wildman–Crippen MR) is 76.5 cm³/mol. The van der Waals surface area contributed by atoms with E-state index in [0.29, 0.717) is 18.1 Å². The molecule has 106 valence electrons. The number of amides is 1. The van der Waals surface area contributed by atoms with Crippen LogP contribution in [0, 0.1) is 0 Å². The van der Waals surface area contributed by atoms with Crippen molar-refractivity contribution in [3.05, 3.63) is 35.2 Å². The summed E-state index contributed by atoms with van der Waals surface area (Å²) in [5.74, 6) is -0.302. The summed E-state index contributed by atoms with van der Waals surface area (Å²) in [6, 6.07) is 3.40. The summed E-state index contributed by atoms with van der Waals surface area (Å²) >= 11 is 5.96. The van der Waals surface area contributed by atoms with Gasteiger partial charge in [-0.25, -0.2) is 4.98 Å². The summed E-state index contributed by atoms with van der Waals surface area (Å²) in [4.78, 5) is 18.1. The number of imidazole rings is 1. The molecule has 1 aliphatic heterocycles. The van der Waals surface area contributed by atoms with Crippen molar-refractivity contribution < 1.29 is 4.79 Å². The Morgan fingerprint density at radius 1 is 1.50 bits per heavy atom. The molecule has 2 aromatic rings. The highest BCUT2D eigenvalue weighted by Crippen LogP contribution is 2.14. The molecule has 1 saturated heterocycles. The number of halogens is 1. The summed E-state index contributed by atoms with van der Waals surface area (Å²) in [7, 11) is 0. The summed E-state index contributed by atoms with van der Waals surface area (Å²) < 4.78 is 1.89. The quantitative estimate of drug-likeness (QED) is 0.850. The maximum atomic E-state index is 11.5. The van der Waals surface area contributed by atoms with Gasteiger partial charge in [-0.1, -0.05) is 11.6 Å². The number of nitrogens with zero attached hydrogens (tertiary/aromatic N) is 3. The molecule has 0 spiro atoms. The topological polar surface area (TPSA) is 75.7 Å². The number of fused-ring (bicyclic) bond motifs is 1. The molecule has 0 aromatic carbocycles. The summed E-state index contributed by atoms with van der Waals surface area (Å²) in [6.07, 6.45) is 3.75. The highest BCUT2D eigenvalue weighted by Gasteiger charge is 2.27. The normalized spacial score (nSPS) is 20.4. The fourth-order valence-electron chi connectivity index (χ4n) is 2.52. The van der Waals surface area contributed by atoms with Gasteiger partial charge in [0.1, 0.15) is 11.7 Å². The zero-order valence-electron chi connectivity index (χ0n) is 10.9. The molecule has 0 saturated carbocycles. The number of rotatable bonds is 3. The molecule has 7 heteroatoms. The van der Waals surface area contributed by atoms with Crippen LogP contribution in [0.3, 0.4) is 0 Å². The van der Waals surface area contributed by atoms with Crippen molar-refractivity contribution in [3.8, 4) is 0 Å². The van der Waals surface area contributed by atoms with Gasteiger partial charge in [0.25, 0.3) is 0 Å². The fraction of sp³-hybridized carbons (Fsp3) is 0.385. The van der Waals surface area contributed by atoms with Gasteiger partial charge in [0, 0.05) is 38.6 Å². The van der Waals surface area contributed by atoms with E-state index < -0.39 is 0 Å². The highest BCUT2D eigenvalue weighted by molar-refractivity contribution is 6.30. The molecule has 1 atom stereocenters. The van der Waals surface area contributed by atoms with E-state index in [1.807, 2.05) is 28.9 Å². The molecule has 1 aliphatic rings. The smallest absolute Gasteiger partial charge is 0.236 e. The molecule has 3 heterocycles. The van der Waals surface area contributed by atoms with Crippen molar-refractivity contribution in [3.63, 3.8) is 0 Å². The van der Waals surface area contributed by atoms with Crippen LogP contribution in [-0.4, -0.2) is 45.9 Å². The molecule has 0 radical (unpaired) electrons. The number of nitrogens with one attached hydrogen (secondary N) is 1. The van der Waals surface area contributed by atoms with Crippen molar-refractivity contribution >= 4 is 23.2 Å². The Bertz CT molecular complexity index is 641. The lowest BCUT2D eigenvalue weighted by Gasteiger charge is -2.33. The molecule has 3 rings (SSSR count). The van der Waals surface area contributed by atoms with E-state index in [4.69, 9.17) is 17.3 Å². The molecule has 0 aliphatic carbocycles. The number of piperazine rings is 1. The number of hydrogen-bond donors (Lipinski definition) is 2. The first-order valence-electron chi connectivity index (χ1n) is 6.51. The monoisotopic (exact) mass is 293 g/mol. The standard InChI is InChI=1S/C13H16ClN5O/c14-9-1-2-12-17-10(8-19(12)6-9)7-18-4-3-16-5-11(18)13(15)20/h1-2,6,8,11,16H,3-5,7H2,(H2,15,20). The molecular formula is C13H16ClN5O. The van der Waals surface area contributed by atoms with Crippen molar-refractivity contribution in [2.45, 2.75) is 12.6 Å². The third-order valence-corrected chi connectivity index (χ3v) is 3.74. The van der Waals surface area contributed by atoms with E-state index in [9.17, 15) is 4.79 Å². The lowest BCUT2D eigenvalue weighted by Crippen LogP contribution is -2.56. The van der Waals surface area contributed by atoms with Gasteiger partial charge in [0.15, 0.2) is 0 Å².